The van der Waals surface area contributed by atoms with Crippen molar-refractivity contribution in [2.24, 2.45) is 0 Å². The largest absolute Gasteiger partial charge is 0.493 e. The van der Waals surface area contributed by atoms with E-state index in [9.17, 15) is 4.79 Å². The molecular weight excluding hydrogens is 302 g/mol. The van der Waals surface area contributed by atoms with Gasteiger partial charge in [-0.2, -0.15) is 0 Å². The predicted octanol–water partition coefficient (Wildman–Crippen LogP) is 4.04. The van der Waals surface area contributed by atoms with E-state index in [2.05, 4.69) is 5.32 Å². The van der Waals surface area contributed by atoms with E-state index in [0.29, 0.717) is 11.5 Å². The van der Waals surface area contributed by atoms with E-state index in [-0.39, 0.29) is 12.3 Å². The monoisotopic (exact) mass is 321 g/mol. The molecule has 0 aromatic heterocycles. The SMILES string of the molecule is COc1ccc(CC(=O)Nc2cccc3ccccc23)cc1OC. The molecule has 3 aromatic rings. The average molecular weight is 321 g/mol. The van der Waals surface area contributed by atoms with Crippen molar-refractivity contribution in [3.63, 3.8) is 0 Å². The van der Waals surface area contributed by atoms with Gasteiger partial charge in [0.15, 0.2) is 11.5 Å². The molecule has 4 heteroatoms. The first-order chi connectivity index (χ1) is 11.7. The van der Waals surface area contributed by atoms with Crippen molar-refractivity contribution in [1.29, 1.82) is 0 Å². The van der Waals surface area contributed by atoms with Crippen LogP contribution in [-0.2, 0) is 11.2 Å². The summed E-state index contributed by atoms with van der Waals surface area (Å²) in [6.07, 6.45) is 0.267. The van der Waals surface area contributed by atoms with Crippen LogP contribution in [0, 0.1) is 0 Å². The van der Waals surface area contributed by atoms with Gasteiger partial charge in [0, 0.05) is 11.1 Å². The van der Waals surface area contributed by atoms with Crippen molar-refractivity contribution in [3.8, 4) is 11.5 Å². The molecule has 0 fully saturated rings. The van der Waals surface area contributed by atoms with Crippen molar-refractivity contribution in [1.82, 2.24) is 0 Å². The number of anilines is 1. The summed E-state index contributed by atoms with van der Waals surface area (Å²) in [5, 5.41) is 5.12. The second-order valence-electron chi connectivity index (χ2n) is 5.44. The second-order valence-corrected chi connectivity index (χ2v) is 5.44. The minimum absolute atomic E-state index is 0.0708. The molecule has 0 spiro atoms. The molecule has 0 aliphatic carbocycles. The normalized spacial score (nSPS) is 10.4. The first-order valence-corrected chi connectivity index (χ1v) is 7.70. The smallest absolute Gasteiger partial charge is 0.228 e. The molecule has 0 saturated heterocycles. The van der Waals surface area contributed by atoms with Gasteiger partial charge in [0.25, 0.3) is 0 Å². The van der Waals surface area contributed by atoms with Gasteiger partial charge in [-0.05, 0) is 29.1 Å². The van der Waals surface area contributed by atoms with Crippen molar-refractivity contribution in [2.45, 2.75) is 6.42 Å². The summed E-state index contributed by atoms with van der Waals surface area (Å²) in [6.45, 7) is 0. The molecule has 0 radical (unpaired) electrons. The Labute approximate surface area is 141 Å². The summed E-state index contributed by atoms with van der Waals surface area (Å²) in [5.41, 5.74) is 1.68. The highest BCUT2D eigenvalue weighted by Crippen LogP contribution is 2.28. The zero-order valence-electron chi connectivity index (χ0n) is 13.7. The van der Waals surface area contributed by atoms with Crippen LogP contribution in [0.2, 0.25) is 0 Å². The molecule has 4 nitrogen and oxygen atoms in total. The highest BCUT2D eigenvalue weighted by Gasteiger charge is 2.10. The molecule has 3 rings (SSSR count). The zero-order valence-corrected chi connectivity index (χ0v) is 13.7. The second kappa shape index (κ2) is 7.04. The molecule has 0 aliphatic heterocycles. The molecule has 0 heterocycles. The summed E-state index contributed by atoms with van der Waals surface area (Å²) in [6, 6.07) is 19.3. The van der Waals surface area contributed by atoms with E-state index in [0.717, 1.165) is 22.0 Å². The van der Waals surface area contributed by atoms with Crippen molar-refractivity contribution < 1.29 is 14.3 Å². The van der Waals surface area contributed by atoms with Gasteiger partial charge in [0.1, 0.15) is 0 Å². The number of nitrogens with one attached hydrogen (secondary N) is 1. The first-order valence-electron chi connectivity index (χ1n) is 7.70. The van der Waals surface area contributed by atoms with Gasteiger partial charge >= 0.3 is 0 Å². The topological polar surface area (TPSA) is 47.6 Å². The molecule has 1 N–H and O–H groups in total. The van der Waals surface area contributed by atoms with Crippen molar-refractivity contribution >= 4 is 22.4 Å². The highest BCUT2D eigenvalue weighted by atomic mass is 16.5. The van der Waals surface area contributed by atoms with Crippen LogP contribution in [0.1, 0.15) is 5.56 Å². The number of benzene rings is 3. The summed E-state index contributed by atoms with van der Waals surface area (Å²) in [4.78, 5) is 12.4. The summed E-state index contributed by atoms with van der Waals surface area (Å²) in [7, 11) is 3.17. The Kier molecular flexibility index (Phi) is 4.66. The van der Waals surface area contributed by atoms with Gasteiger partial charge < -0.3 is 14.8 Å². The maximum atomic E-state index is 12.4. The Bertz CT molecular complexity index is 868. The maximum Gasteiger partial charge on any atom is 0.228 e. The maximum absolute atomic E-state index is 12.4. The van der Waals surface area contributed by atoms with E-state index in [1.807, 2.05) is 54.6 Å². The third-order valence-corrected chi connectivity index (χ3v) is 3.88. The number of rotatable bonds is 5. The van der Waals surface area contributed by atoms with Gasteiger partial charge in [-0.15, -0.1) is 0 Å². The van der Waals surface area contributed by atoms with Crippen LogP contribution in [0.3, 0.4) is 0 Å². The fourth-order valence-electron chi connectivity index (χ4n) is 2.70. The molecule has 0 atom stereocenters. The Morgan fingerprint density at radius 1 is 0.917 bits per heavy atom. The van der Waals surface area contributed by atoms with Gasteiger partial charge in [-0.3, -0.25) is 4.79 Å². The van der Waals surface area contributed by atoms with E-state index >= 15 is 0 Å². The number of ether oxygens (including phenoxy) is 2. The number of amides is 1. The van der Waals surface area contributed by atoms with E-state index < -0.39 is 0 Å². The number of carbonyl (C=O) groups excluding carboxylic acids is 1. The first kappa shape index (κ1) is 15.9. The molecule has 3 aromatic carbocycles. The highest BCUT2D eigenvalue weighted by molar-refractivity contribution is 6.02. The zero-order chi connectivity index (χ0) is 16.9. The van der Waals surface area contributed by atoms with Crippen LogP contribution in [0.4, 0.5) is 5.69 Å². The van der Waals surface area contributed by atoms with Crippen LogP contribution < -0.4 is 14.8 Å². The Morgan fingerprint density at radius 3 is 2.46 bits per heavy atom. The van der Waals surface area contributed by atoms with Gasteiger partial charge in [-0.25, -0.2) is 0 Å². The van der Waals surface area contributed by atoms with E-state index in [1.54, 1.807) is 20.3 Å². The lowest BCUT2D eigenvalue weighted by Gasteiger charge is -2.11. The molecule has 0 saturated carbocycles. The van der Waals surface area contributed by atoms with Crippen LogP contribution in [0.25, 0.3) is 10.8 Å². The van der Waals surface area contributed by atoms with Crippen molar-refractivity contribution in [3.05, 3.63) is 66.2 Å². The summed E-state index contributed by atoms with van der Waals surface area (Å²) in [5.74, 6) is 1.20. The van der Waals surface area contributed by atoms with Gasteiger partial charge in [-0.1, -0.05) is 42.5 Å². The predicted molar refractivity (Wildman–Crippen MR) is 95.8 cm³/mol. The Hall–Kier alpha value is -3.01. The average Bonchev–Trinajstić information content (AvgIpc) is 2.62. The number of hydrogen-bond donors (Lipinski definition) is 1. The summed E-state index contributed by atoms with van der Waals surface area (Å²) < 4.78 is 10.5. The van der Waals surface area contributed by atoms with Crippen LogP contribution in [-0.4, -0.2) is 20.1 Å². The van der Waals surface area contributed by atoms with Gasteiger partial charge in [0.2, 0.25) is 5.91 Å². The van der Waals surface area contributed by atoms with Crippen molar-refractivity contribution in [2.75, 3.05) is 19.5 Å². The number of methoxy groups -OCH3 is 2. The van der Waals surface area contributed by atoms with Crippen LogP contribution in [0.15, 0.2) is 60.7 Å². The molecule has 1 amide bonds. The number of fused-ring (bicyclic) bond motifs is 1. The molecule has 0 unspecified atom stereocenters. The quantitative estimate of drug-likeness (QED) is 0.771. The summed E-state index contributed by atoms with van der Waals surface area (Å²) >= 11 is 0. The minimum Gasteiger partial charge on any atom is -0.493 e. The van der Waals surface area contributed by atoms with Crippen LogP contribution in [0.5, 0.6) is 11.5 Å². The van der Waals surface area contributed by atoms with E-state index in [4.69, 9.17) is 9.47 Å². The lowest BCUT2D eigenvalue weighted by Crippen LogP contribution is -2.14. The lowest BCUT2D eigenvalue weighted by molar-refractivity contribution is -0.115. The van der Waals surface area contributed by atoms with E-state index in [1.165, 1.54) is 0 Å². The lowest BCUT2D eigenvalue weighted by atomic mass is 10.1. The molecule has 0 bridgehead atoms. The van der Waals surface area contributed by atoms with Crippen LogP contribution >= 0.6 is 0 Å². The molecule has 122 valence electrons. The fourth-order valence-corrected chi connectivity index (χ4v) is 2.70. The fraction of sp³-hybridized carbons (Fsp3) is 0.150. The standard InChI is InChI=1S/C20H19NO3/c1-23-18-11-10-14(12-19(18)24-2)13-20(22)21-17-9-5-7-15-6-3-4-8-16(15)17/h3-12H,13H2,1-2H3,(H,21,22). The Morgan fingerprint density at radius 2 is 1.67 bits per heavy atom. The number of hydrogen-bond acceptors (Lipinski definition) is 3. The Balaban J connectivity index is 1.78. The third-order valence-electron chi connectivity index (χ3n) is 3.88. The number of carbonyl (C=O) groups is 1. The van der Waals surface area contributed by atoms with Gasteiger partial charge in [0.05, 0.1) is 20.6 Å². The molecule has 0 aliphatic rings. The minimum atomic E-state index is -0.0708. The molecule has 24 heavy (non-hydrogen) atoms. The third kappa shape index (κ3) is 3.33. The molecular formula is C20H19NO3.